The predicted octanol–water partition coefficient (Wildman–Crippen LogP) is 18.1. The van der Waals surface area contributed by atoms with E-state index in [-0.39, 0.29) is 0 Å². The first kappa shape index (κ1) is 44.8. The minimum atomic E-state index is -0.621. The summed E-state index contributed by atoms with van der Waals surface area (Å²) in [7, 11) is 0. The van der Waals surface area contributed by atoms with E-state index in [4.69, 9.17) is 15.0 Å². The Kier molecular flexibility index (Phi) is 10.1. The molecule has 5 nitrogen and oxygen atoms in total. The van der Waals surface area contributed by atoms with Gasteiger partial charge in [-0.3, -0.25) is 9.13 Å². The van der Waals surface area contributed by atoms with Crippen LogP contribution in [0.5, 0.6) is 0 Å². The van der Waals surface area contributed by atoms with Crippen LogP contribution in [-0.4, -0.2) is 24.1 Å². The minimum Gasteiger partial charge on any atom is -0.292 e. The Hall–Kier alpha value is -10.5. The monoisotopic (exact) mass is 1010 g/mol. The van der Waals surface area contributed by atoms with Gasteiger partial charge in [-0.25, -0.2) is 15.0 Å². The first-order chi connectivity index (χ1) is 39.2. The van der Waals surface area contributed by atoms with E-state index in [1.54, 1.807) is 0 Å². The molecule has 1 spiro atoms. The van der Waals surface area contributed by atoms with Gasteiger partial charge in [0.2, 0.25) is 0 Å². The smallest absolute Gasteiger partial charge is 0.145 e. The van der Waals surface area contributed by atoms with Crippen molar-refractivity contribution in [2.45, 2.75) is 5.41 Å². The highest BCUT2D eigenvalue weighted by Gasteiger charge is 2.52. The molecule has 3 heterocycles. The van der Waals surface area contributed by atoms with Gasteiger partial charge in [0.1, 0.15) is 11.6 Å². The summed E-state index contributed by atoms with van der Waals surface area (Å²) in [6.07, 6.45) is 0. The molecule has 16 rings (SSSR count). The summed E-state index contributed by atoms with van der Waals surface area (Å²) in [5, 5.41) is 0. The number of fused-ring (bicyclic) bond motifs is 12. The van der Waals surface area contributed by atoms with Crippen LogP contribution in [0, 0.1) is 0 Å². The molecule has 0 fully saturated rings. The van der Waals surface area contributed by atoms with Crippen LogP contribution in [0.25, 0.3) is 123 Å². The minimum absolute atomic E-state index is 0.621. The first-order valence-corrected chi connectivity index (χ1v) is 27.0. The molecule has 1 atom stereocenters. The van der Waals surface area contributed by atoms with Crippen molar-refractivity contribution in [2.75, 3.05) is 0 Å². The molecule has 0 N–H and O–H groups in total. The predicted molar refractivity (Wildman–Crippen MR) is 322 cm³/mol. The number of hydrogen-bond acceptors (Lipinski definition) is 3. The van der Waals surface area contributed by atoms with Gasteiger partial charge in [-0.2, -0.15) is 0 Å². The maximum absolute atomic E-state index is 5.48. The molecule has 0 saturated carbocycles. The molecular formula is C74H47N5. The molecule has 0 bridgehead atoms. The van der Waals surface area contributed by atoms with Gasteiger partial charge in [0, 0.05) is 33.6 Å². The van der Waals surface area contributed by atoms with Gasteiger partial charge in [-0.05, 0) is 146 Å². The summed E-state index contributed by atoms with van der Waals surface area (Å²) in [6.45, 7) is 0. The Labute approximate surface area is 457 Å². The topological polar surface area (TPSA) is 48.5 Å². The van der Waals surface area contributed by atoms with Crippen LogP contribution >= 0.6 is 0 Å². The van der Waals surface area contributed by atoms with Crippen LogP contribution in [0.1, 0.15) is 22.3 Å². The highest BCUT2D eigenvalue weighted by atomic mass is 15.1. The van der Waals surface area contributed by atoms with E-state index >= 15 is 0 Å². The summed E-state index contributed by atoms with van der Waals surface area (Å²) in [5.74, 6) is 1.71. The molecule has 0 saturated heterocycles. The van der Waals surface area contributed by atoms with E-state index in [9.17, 15) is 0 Å². The quantitative estimate of drug-likeness (QED) is 0.152. The Morgan fingerprint density at radius 1 is 0.253 bits per heavy atom. The molecule has 368 valence electrons. The average Bonchev–Trinajstić information content (AvgIpc) is 4.43. The second kappa shape index (κ2) is 17.8. The van der Waals surface area contributed by atoms with Crippen molar-refractivity contribution in [3.63, 3.8) is 0 Å². The van der Waals surface area contributed by atoms with Crippen LogP contribution in [0.3, 0.4) is 0 Å². The fourth-order valence-electron chi connectivity index (χ4n) is 13.1. The number of para-hydroxylation sites is 6. The van der Waals surface area contributed by atoms with Crippen molar-refractivity contribution < 1.29 is 0 Å². The highest BCUT2D eigenvalue weighted by molar-refractivity contribution is 6.04. The second-order valence-electron chi connectivity index (χ2n) is 20.6. The van der Waals surface area contributed by atoms with E-state index < -0.39 is 5.41 Å². The molecule has 79 heavy (non-hydrogen) atoms. The van der Waals surface area contributed by atoms with Crippen molar-refractivity contribution >= 4 is 22.1 Å². The van der Waals surface area contributed by atoms with E-state index in [1.807, 2.05) is 0 Å². The molecule has 1 unspecified atom stereocenters. The van der Waals surface area contributed by atoms with E-state index in [2.05, 4.69) is 294 Å². The number of rotatable bonds is 8. The summed E-state index contributed by atoms with van der Waals surface area (Å²) in [4.78, 5) is 16.3. The molecule has 2 aliphatic carbocycles. The molecule has 0 radical (unpaired) electrons. The number of hydrogen-bond donors (Lipinski definition) is 0. The molecule has 2 aliphatic rings. The Morgan fingerprint density at radius 3 is 1.08 bits per heavy atom. The fraction of sp³-hybridized carbons (Fsp3) is 0.0135. The SMILES string of the molecule is c1ccc(-c2cc(-c3cccc4c3-c3ccccc3C43c4ccccc4-c4c(-c5cc(-c6nc7ccccc7n6-c6ccccc6)cc(-c6nc7ccccc7n6-c6ccccc6)c5)cccc43)cc(-c3ccccc3)n2)cc1. The third-order valence-corrected chi connectivity index (χ3v) is 16.3. The van der Waals surface area contributed by atoms with Gasteiger partial charge in [-0.15, -0.1) is 0 Å². The first-order valence-electron chi connectivity index (χ1n) is 27.0. The molecule has 0 aliphatic heterocycles. The van der Waals surface area contributed by atoms with E-state index in [1.165, 1.54) is 50.1 Å². The van der Waals surface area contributed by atoms with Crippen molar-refractivity contribution in [2.24, 2.45) is 0 Å². The van der Waals surface area contributed by atoms with Gasteiger partial charge in [0.15, 0.2) is 0 Å². The van der Waals surface area contributed by atoms with Crippen LogP contribution in [0.15, 0.2) is 285 Å². The fourth-order valence-corrected chi connectivity index (χ4v) is 13.1. The highest BCUT2D eigenvalue weighted by Crippen LogP contribution is 2.65. The van der Waals surface area contributed by atoms with Gasteiger partial charge in [0.25, 0.3) is 0 Å². The molecule has 3 aromatic heterocycles. The third-order valence-electron chi connectivity index (χ3n) is 16.3. The maximum atomic E-state index is 5.48. The Bertz CT molecular complexity index is 4520. The lowest BCUT2D eigenvalue weighted by molar-refractivity contribution is 0.794. The molecular weight excluding hydrogens is 959 g/mol. The van der Waals surface area contributed by atoms with Crippen LogP contribution in [0.2, 0.25) is 0 Å². The van der Waals surface area contributed by atoms with E-state index in [0.29, 0.717) is 0 Å². The summed E-state index contributed by atoms with van der Waals surface area (Å²) in [5.41, 5.74) is 26.0. The Morgan fingerprint density at radius 2 is 0.608 bits per heavy atom. The van der Waals surface area contributed by atoms with Crippen molar-refractivity contribution in [3.8, 4) is 101 Å². The van der Waals surface area contributed by atoms with Gasteiger partial charge >= 0.3 is 0 Å². The van der Waals surface area contributed by atoms with Crippen molar-refractivity contribution in [1.82, 2.24) is 24.1 Å². The summed E-state index contributed by atoms with van der Waals surface area (Å²) in [6, 6.07) is 103. The average molecular weight is 1010 g/mol. The zero-order valence-corrected chi connectivity index (χ0v) is 42.9. The third kappa shape index (κ3) is 6.86. The lowest BCUT2D eigenvalue weighted by Gasteiger charge is -2.30. The van der Waals surface area contributed by atoms with E-state index in [0.717, 1.165) is 95.4 Å². The number of pyridine rings is 1. The molecule has 0 amide bonds. The number of nitrogens with zero attached hydrogens (tertiary/aromatic N) is 5. The van der Waals surface area contributed by atoms with Crippen LogP contribution in [-0.2, 0) is 5.41 Å². The normalized spacial score (nSPS) is 13.9. The number of aromatic nitrogens is 5. The largest absolute Gasteiger partial charge is 0.292 e. The van der Waals surface area contributed by atoms with Crippen LogP contribution < -0.4 is 0 Å². The second-order valence-corrected chi connectivity index (χ2v) is 20.6. The van der Waals surface area contributed by atoms with Crippen LogP contribution in [0.4, 0.5) is 0 Å². The van der Waals surface area contributed by atoms with Crippen molar-refractivity contribution in [1.29, 1.82) is 0 Å². The van der Waals surface area contributed by atoms with Gasteiger partial charge < -0.3 is 0 Å². The molecule has 11 aromatic carbocycles. The zero-order chi connectivity index (χ0) is 52.0. The van der Waals surface area contributed by atoms with Gasteiger partial charge in [0.05, 0.1) is 38.9 Å². The lowest BCUT2D eigenvalue weighted by Crippen LogP contribution is -2.25. The summed E-state index contributed by atoms with van der Waals surface area (Å²) >= 11 is 0. The number of imidazole rings is 2. The number of benzene rings is 11. The molecule has 14 aromatic rings. The standard InChI is InChI=1S/C74H47N5/c1-5-23-48(24-6-1)66-46-51(47-67(75-66)49-25-7-2-8-26-49)57-34-22-38-63-71(57)59-32-14-16-36-61(59)74(63)60-35-15-13-31-58(60)70-56(33-21-37-62(70)74)50-43-52(72-76-64-39-17-19-41-68(64)78(72)54-27-9-3-10-28-54)45-53(44-50)73-77-65-40-18-20-42-69(65)79(73)55-29-11-4-12-30-55/h1-47H. The maximum Gasteiger partial charge on any atom is 0.145 e. The zero-order valence-electron chi connectivity index (χ0n) is 42.9. The Balaban J connectivity index is 0.962. The van der Waals surface area contributed by atoms with Gasteiger partial charge in [-0.1, -0.05) is 206 Å². The lowest BCUT2D eigenvalue weighted by atomic mass is 9.70. The van der Waals surface area contributed by atoms with Crippen molar-refractivity contribution in [3.05, 3.63) is 307 Å². The summed E-state index contributed by atoms with van der Waals surface area (Å²) < 4.78 is 4.60. The molecule has 5 heteroatoms.